The molecular formula is C20H24N2O4S2. The maximum absolute atomic E-state index is 12.7. The van der Waals surface area contributed by atoms with Gasteiger partial charge in [-0.15, -0.1) is 11.3 Å². The summed E-state index contributed by atoms with van der Waals surface area (Å²) in [6, 6.07) is 8.95. The predicted octanol–water partition coefficient (Wildman–Crippen LogP) is 1.83. The van der Waals surface area contributed by atoms with E-state index in [1.807, 2.05) is 18.2 Å². The maximum Gasteiger partial charge on any atom is 0.252 e. The molecule has 0 unspecified atom stereocenters. The monoisotopic (exact) mass is 420 g/mol. The molecule has 1 aromatic heterocycles. The molecule has 1 saturated heterocycles. The smallest absolute Gasteiger partial charge is 0.252 e. The van der Waals surface area contributed by atoms with Crippen molar-refractivity contribution >= 4 is 27.0 Å². The molecule has 1 fully saturated rings. The third kappa shape index (κ3) is 4.40. The molecule has 2 aromatic rings. The van der Waals surface area contributed by atoms with Gasteiger partial charge in [-0.3, -0.25) is 0 Å². The second kappa shape index (κ2) is 8.23. The fourth-order valence-electron chi connectivity index (χ4n) is 3.13. The van der Waals surface area contributed by atoms with Gasteiger partial charge in [-0.1, -0.05) is 24.0 Å². The zero-order chi connectivity index (χ0) is 20.4. The minimum absolute atomic E-state index is 0.251. The third-order valence-electron chi connectivity index (χ3n) is 4.67. The van der Waals surface area contributed by atoms with E-state index in [4.69, 9.17) is 5.11 Å². The number of aliphatic hydroxyl groups is 2. The molecule has 8 heteroatoms. The quantitative estimate of drug-likeness (QED) is 0.738. The van der Waals surface area contributed by atoms with Crippen molar-refractivity contribution < 1.29 is 18.6 Å². The van der Waals surface area contributed by atoms with Crippen molar-refractivity contribution in [1.82, 2.24) is 4.31 Å². The minimum atomic E-state index is -3.44. The van der Waals surface area contributed by atoms with Gasteiger partial charge in [-0.05, 0) is 43.0 Å². The lowest BCUT2D eigenvalue weighted by atomic mass is 9.95. The van der Waals surface area contributed by atoms with Gasteiger partial charge in [0.1, 0.15) is 10.8 Å². The summed E-state index contributed by atoms with van der Waals surface area (Å²) in [4.78, 5) is 2.09. The van der Waals surface area contributed by atoms with Gasteiger partial charge in [-0.2, -0.15) is 4.31 Å². The molecule has 0 spiro atoms. The summed E-state index contributed by atoms with van der Waals surface area (Å²) < 4.78 is 27.3. The number of anilines is 1. The lowest BCUT2D eigenvalue weighted by molar-refractivity contribution is 0.0786. The van der Waals surface area contributed by atoms with Gasteiger partial charge in [0, 0.05) is 31.7 Å². The molecule has 150 valence electrons. The van der Waals surface area contributed by atoms with Crippen LogP contribution < -0.4 is 4.90 Å². The SMILES string of the molecule is CC(C)(O)c1ccc(N2CCN(S(=O)(=O)c3cccs3)CC2)c(C#CCO)c1. The summed E-state index contributed by atoms with van der Waals surface area (Å²) in [6.45, 7) is 5.03. The first-order chi connectivity index (χ1) is 13.2. The van der Waals surface area contributed by atoms with E-state index in [2.05, 4.69) is 16.7 Å². The Morgan fingerprint density at radius 3 is 2.46 bits per heavy atom. The number of sulfonamides is 1. The van der Waals surface area contributed by atoms with Crippen molar-refractivity contribution in [3.05, 3.63) is 46.8 Å². The van der Waals surface area contributed by atoms with Gasteiger partial charge in [-0.25, -0.2) is 8.42 Å². The van der Waals surface area contributed by atoms with Crippen LogP contribution in [-0.2, 0) is 15.6 Å². The molecular weight excluding hydrogens is 396 g/mol. The zero-order valence-electron chi connectivity index (χ0n) is 15.9. The summed E-state index contributed by atoms with van der Waals surface area (Å²) >= 11 is 1.23. The first-order valence-corrected chi connectivity index (χ1v) is 11.3. The van der Waals surface area contributed by atoms with Crippen LogP contribution in [0.2, 0.25) is 0 Å². The Bertz CT molecular complexity index is 975. The number of benzene rings is 1. The van der Waals surface area contributed by atoms with E-state index in [-0.39, 0.29) is 6.61 Å². The van der Waals surface area contributed by atoms with E-state index in [1.54, 1.807) is 31.4 Å². The Hall–Kier alpha value is -1.89. The average molecular weight is 421 g/mol. The number of rotatable bonds is 4. The Balaban J connectivity index is 1.82. The van der Waals surface area contributed by atoms with E-state index in [0.717, 1.165) is 11.3 Å². The molecule has 0 saturated carbocycles. The summed E-state index contributed by atoms with van der Waals surface area (Å²) in [5.74, 6) is 5.62. The fourth-order valence-corrected chi connectivity index (χ4v) is 5.70. The van der Waals surface area contributed by atoms with Gasteiger partial charge in [0.2, 0.25) is 0 Å². The number of piperazine rings is 1. The highest BCUT2D eigenvalue weighted by Crippen LogP contribution is 2.29. The van der Waals surface area contributed by atoms with Crippen LogP contribution in [0.1, 0.15) is 25.0 Å². The summed E-state index contributed by atoms with van der Waals surface area (Å²) in [6.07, 6.45) is 0. The lowest BCUT2D eigenvalue weighted by Gasteiger charge is -2.36. The molecule has 1 aliphatic rings. The van der Waals surface area contributed by atoms with Gasteiger partial charge in [0.25, 0.3) is 10.0 Å². The van der Waals surface area contributed by atoms with Gasteiger partial charge in [0.05, 0.1) is 11.3 Å². The molecule has 0 bridgehead atoms. The number of thiophene rings is 1. The fraction of sp³-hybridized carbons (Fsp3) is 0.400. The predicted molar refractivity (Wildman–Crippen MR) is 111 cm³/mol. The van der Waals surface area contributed by atoms with Crippen molar-refractivity contribution in [3.8, 4) is 11.8 Å². The summed E-state index contributed by atoms with van der Waals surface area (Å²) in [7, 11) is -3.44. The van der Waals surface area contributed by atoms with Crippen LogP contribution in [0.25, 0.3) is 0 Å². The molecule has 1 aliphatic heterocycles. The Morgan fingerprint density at radius 2 is 1.89 bits per heavy atom. The number of aliphatic hydroxyl groups excluding tert-OH is 1. The van der Waals surface area contributed by atoms with Crippen molar-refractivity contribution in [2.75, 3.05) is 37.7 Å². The molecule has 0 radical (unpaired) electrons. The van der Waals surface area contributed by atoms with Crippen LogP contribution in [0.4, 0.5) is 5.69 Å². The first kappa shape index (κ1) is 20.8. The topological polar surface area (TPSA) is 81.1 Å². The van der Waals surface area contributed by atoms with Crippen molar-refractivity contribution in [2.45, 2.75) is 23.7 Å². The normalized spacial score (nSPS) is 15.9. The molecule has 0 atom stereocenters. The molecule has 2 heterocycles. The Labute approximate surface area is 170 Å². The third-order valence-corrected chi connectivity index (χ3v) is 7.95. The molecule has 1 aromatic carbocycles. The van der Waals surface area contributed by atoms with Crippen LogP contribution in [0.3, 0.4) is 0 Å². The summed E-state index contributed by atoms with van der Waals surface area (Å²) in [5, 5.41) is 21.1. The van der Waals surface area contributed by atoms with E-state index < -0.39 is 15.6 Å². The highest BCUT2D eigenvalue weighted by Gasteiger charge is 2.30. The minimum Gasteiger partial charge on any atom is -0.386 e. The van der Waals surface area contributed by atoms with E-state index in [9.17, 15) is 13.5 Å². The number of nitrogens with zero attached hydrogens (tertiary/aromatic N) is 2. The maximum atomic E-state index is 12.7. The largest absolute Gasteiger partial charge is 0.386 e. The van der Waals surface area contributed by atoms with Crippen molar-refractivity contribution in [3.63, 3.8) is 0 Å². The second-order valence-electron chi connectivity index (χ2n) is 7.07. The van der Waals surface area contributed by atoms with Crippen LogP contribution in [0, 0.1) is 11.8 Å². The first-order valence-electron chi connectivity index (χ1n) is 8.99. The van der Waals surface area contributed by atoms with Crippen LogP contribution in [-0.4, -0.2) is 55.7 Å². The lowest BCUT2D eigenvalue weighted by Crippen LogP contribution is -2.48. The molecule has 6 nitrogen and oxygen atoms in total. The van der Waals surface area contributed by atoms with Gasteiger partial charge < -0.3 is 15.1 Å². The van der Waals surface area contributed by atoms with Crippen molar-refractivity contribution in [1.29, 1.82) is 0 Å². The highest BCUT2D eigenvalue weighted by molar-refractivity contribution is 7.91. The Kier molecular flexibility index (Phi) is 6.12. The van der Waals surface area contributed by atoms with E-state index in [0.29, 0.717) is 36.0 Å². The highest BCUT2D eigenvalue weighted by atomic mass is 32.2. The molecule has 3 rings (SSSR count). The molecule has 0 aliphatic carbocycles. The molecule has 0 amide bonds. The average Bonchev–Trinajstić information content (AvgIpc) is 3.21. The number of hydrogen-bond donors (Lipinski definition) is 2. The standard InChI is InChI=1S/C20H24N2O4S2/c1-20(2,24)17-7-8-18(16(15-17)5-3-13-23)21-9-11-22(12-10-21)28(25,26)19-6-4-14-27-19/h4,6-8,14-15,23-24H,9-13H2,1-2H3. The summed E-state index contributed by atoms with van der Waals surface area (Å²) in [5.41, 5.74) is 1.32. The van der Waals surface area contributed by atoms with Gasteiger partial charge >= 0.3 is 0 Å². The van der Waals surface area contributed by atoms with Crippen LogP contribution in [0.15, 0.2) is 39.9 Å². The van der Waals surface area contributed by atoms with Crippen molar-refractivity contribution in [2.24, 2.45) is 0 Å². The number of hydrogen-bond acceptors (Lipinski definition) is 6. The molecule has 2 N–H and O–H groups in total. The van der Waals surface area contributed by atoms with Crippen LogP contribution in [0.5, 0.6) is 0 Å². The van der Waals surface area contributed by atoms with E-state index in [1.165, 1.54) is 15.6 Å². The van der Waals surface area contributed by atoms with E-state index >= 15 is 0 Å². The second-order valence-corrected chi connectivity index (χ2v) is 10.2. The van der Waals surface area contributed by atoms with Crippen LogP contribution >= 0.6 is 11.3 Å². The van der Waals surface area contributed by atoms with Gasteiger partial charge in [0.15, 0.2) is 0 Å². The molecule has 28 heavy (non-hydrogen) atoms. The Morgan fingerprint density at radius 1 is 1.18 bits per heavy atom. The zero-order valence-corrected chi connectivity index (χ0v) is 17.6.